The second-order valence-electron chi connectivity index (χ2n) is 5.63. The quantitative estimate of drug-likeness (QED) is 0.736. The van der Waals surface area contributed by atoms with E-state index in [1.807, 2.05) is 24.3 Å². The van der Waals surface area contributed by atoms with Crippen molar-refractivity contribution in [3.05, 3.63) is 33.4 Å². The lowest BCUT2D eigenvalue weighted by Gasteiger charge is -2.31. The third kappa shape index (κ3) is 4.85. The monoisotopic (exact) mass is 403 g/mol. The Morgan fingerprint density at radius 2 is 2.10 bits per heavy atom. The van der Waals surface area contributed by atoms with Gasteiger partial charge in [-0.1, -0.05) is 24.6 Å². The van der Waals surface area contributed by atoms with Gasteiger partial charge >= 0.3 is 6.09 Å². The lowest BCUT2D eigenvalue weighted by Crippen LogP contribution is -2.32. The molecule has 5 heteroatoms. The zero-order valence-corrected chi connectivity index (χ0v) is 14.2. The van der Waals surface area contributed by atoms with E-state index in [4.69, 9.17) is 10.5 Å². The van der Waals surface area contributed by atoms with Gasteiger partial charge in [-0.15, -0.1) is 0 Å². The summed E-state index contributed by atoms with van der Waals surface area (Å²) >= 11 is 2.24. The standard InChI is InChI=1S/C16H22INO3/c17-13-7-3-2-6-12(13)14(19)10-9-11-5-1-4-8-15(11)21-16(18)20/h2-3,6-7,11,14-15,19H,1,4-5,8-10H2,(H2,18,20)/t11-,14-,15-/m0/s1. The van der Waals surface area contributed by atoms with E-state index in [9.17, 15) is 9.90 Å². The number of primary amides is 1. The van der Waals surface area contributed by atoms with Gasteiger partial charge in [-0.3, -0.25) is 0 Å². The molecule has 0 aromatic heterocycles. The summed E-state index contributed by atoms with van der Waals surface area (Å²) in [5, 5.41) is 10.4. The third-order valence-electron chi connectivity index (χ3n) is 4.18. The summed E-state index contributed by atoms with van der Waals surface area (Å²) in [5.74, 6) is 0.308. The van der Waals surface area contributed by atoms with Gasteiger partial charge in [0.15, 0.2) is 0 Å². The first-order valence-electron chi connectivity index (χ1n) is 7.46. The number of halogens is 1. The second kappa shape index (κ2) is 7.98. The van der Waals surface area contributed by atoms with Crippen LogP contribution < -0.4 is 5.73 Å². The second-order valence-corrected chi connectivity index (χ2v) is 6.80. The molecule has 3 atom stereocenters. The predicted octanol–water partition coefficient (Wildman–Crippen LogP) is 3.76. The molecule has 116 valence electrons. The van der Waals surface area contributed by atoms with Crippen LogP contribution >= 0.6 is 22.6 Å². The van der Waals surface area contributed by atoms with Crippen LogP contribution in [0.3, 0.4) is 0 Å². The summed E-state index contributed by atoms with van der Waals surface area (Å²) in [5.41, 5.74) is 6.11. The molecule has 0 heterocycles. The average Bonchev–Trinajstić information content (AvgIpc) is 2.46. The van der Waals surface area contributed by atoms with Crippen molar-refractivity contribution < 1.29 is 14.6 Å². The summed E-state index contributed by atoms with van der Waals surface area (Å²) in [4.78, 5) is 11.0. The highest BCUT2D eigenvalue weighted by atomic mass is 127. The zero-order chi connectivity index (χ0) is 15.2. The zero-order valence-electron chi connectivity index (χ0n) is 12.0. The van der Waals surface area contributed by atoms with E-state index >= 15 is 0 Å². The van der Waals surface area contributed by atoms with Crippen LogP contribution in [0.2, 0.25) is 0 Å². The molecule has 0 aliphatic heterocycles. The number of rotatable bonds is 5. The van der Waals surface area contributed by atoms with Gasteiger partial charge in [-0.25, -0.2) is 4.79 Å². The number of aliphatic hydroxyl groups is 1. The highest BCUT2D eigenvalue weighted by Crippen LogP contribution is 2.33. The number of nitrogens with two attached hydrogens (primary N) is 1. The van der Waals surface area contributed by atoms with Crippen LogP contribution in [0, 0.1) is 9.49 Å². The number of carbonyl (C=O) groups excluding carboxylic acids is 1. The van der Waals surface area contributed by atoms with E-state index in [-0.39, 0.29) is 6.10 Å². The Morgan fingerprint density at radius 3 is 2.81 bits per heavy atom. The van der Waals surface area contributed by atoms with Gasteiger partial charge in [0.25, 0.3) is 0 Å². The van der Waals surface area contributed by atoms with Gasteiger partial charge in [0.05, 0.1) is 6.10 Å². The topological polar surface area (TPSA) is 72.6 Å². The van der Waals surface area contributed by atoms with Crippen molar-refractivity contribution in [2.75, 3.05) is 0 Å². The minimum Gasteiger partial charge on any atom is -0.446 e. The minimum atomic E-state index is -0.690. The van der Waals surface area contributed by atoms with Crippen LogP contribution in [0.4, 0.5) is 4.79 Å². The Balaban J connectivity index is 1.91. The van der Waals surface area contributed by atoms with Crippen LogP contribution in [0.1, 0.15) is 50.2 Å². The van der Waals surface area contributed by atoms with Crippen molar-refractivity contribution >= 4 is 28.7 Å². The van der Waals surface area contributed by atoms with Crippen LogP contribution in [0.5, 0.6) is 0 Å². The largest absolute Gasteiger partial charge is 0.446 e. The number of carbonyl (C=O) groups is 1. The van der Waals surface area contributed by atoms with Gasteiger partial charge in [-0.2, -0.15) is 0 Å². The predicted molar refractivity (Wildman–Crippen MR) is 89.8 cm³/mol. The molecule has 21 heavy (non-hydrogen) atoms. The maximum Gasteiger partial charge on any atom is 0.404 e. The SMILES string of the molecule is NC(=O)O[C@H]1CCCC[C@H]1CC[C@H](O)c1ccccc1I. The number of amides is 1. The fourth-order valence-corrected chi connectivity index (χ4v) is 3.83. The fraction of sp³-hybridized carbons (Fsp3) is 0.562. The molecule has 3 N–H and O–H groups in total. The highest BCUT2D eigenvalue weighted by molar-refractivity contribution is 14.1. The summed E-state index contributed by atoms with van der Waals surface area (Å²) in [7, 11) is 0. The molecule has 0 saturated heterocycles. The van der Waals surface area contributed by atoms with Gasteiger partial charge in [0.1, 0.15) is 6.10 Å². The summed E-state index contributed by atoms with van der Waals surface area (Å²) < 4.78 is 6.30. The first-order chi connectivity index (χ1) is 10.1. The highest BCUT2D eigenvalue weighted by Gasteiger charge is 2.28. The van der Waals surface area contributed by atoms with Crippen molar-refractivity contribution in [2.45, 2.75) is 50.7 Å². The number of ether oxygens (including phenoxy) is 1. The van der Waals surface area contributed by atoms with Crippen molar-refractivity contribution in [1.82, 2.24) is 0 Å². The Morgan fingerprint density at radius 1 is 1.38 bits per heavy atom. The third-order valence-corrected chi connectivity index (χ3v) is 5.16. The summed E-state index contributed by atoms with van der Waals surface area (Å²) in [6, 6.07) is 7.87. The maximum absolute atomic E-state index is 11.0. The molecular weight excluding hydrogens is 381 g/mol. The van der Waals surface area contributed by atoms with Gasteiger partial charge in [0.2, 0.25) is 0 Å². The number of hydrogen-bond donors (Lipinski definition) is 2. The molecule has 0 bridgehead atoms. The Labute approximate surface area is 139 Å². The van der Waals surface area contributed by atoms with Crippen molar-refractivity contribution in [2.24, 2.45) is 11.7 Å². The van der Waals surface area contributed by atoms with E-state index in [2.05, 4.69) is 22.6 Å². The summed E-state index contributed by atoms with van der Waals surface area (Å²) in [6.45, 7) is 0. The lowest BCUT2D eigenvalue weighted by atomic mass is 9.82. The molecule has 2 rings (SSSR count). The summed E-state index contributed by atoms with van der Waals surface area (Å²) in [6.07, 6.45) is 4.45. The van der Waals surface area contributed by atoms with Gasteiger partial charge in [-0.05, 0) is 72.2 Å². The normalized spacial score (nSPS) is 23.5. The lowest BCUT2D eigenvalue weighted by molar-refractivity contribution is 0.0328. The molecule has 1 aliphatic rings. The molecule has 1 saturated carbocycles. The maximum atomic E-state index is 11.0. The molecule has 1 amide bonds. The molecule has 1 fully saturated rings. The number of aliphatic hydroxyl groups excluding tert-OH is 1. The molecule has 1 aromatic carbocycles. The number of benzene rings is 1. The smallest absolute Gasteiger partial charge is 0.404 e. The van der Waals surface area contributed by atoms with Crippen molar-refractivity contribution in [3.63, 3.8) is 0 Å². The van der Waals surface area contributed by atoms with E-state index in [1.165, 1.54) is 0 Å². The Kier molecular flexibility index (Phi) is 6.29. The molecule has 1 aliphatic carbocycles. The Hall–Kier alpha value is -0.820. The van der Waals surface area contributed by atoms with Crippen LogP contribution in [0.25, 0.3) is 0 Å². The molecule has 1 aromatic rings. The fourth-order valence-electron chi connectivity index (χ4n) is 3.08. The number of hydrogen-bond acceptors (Lipinski definition) is 3. The van der Waals surface area contributed by atoms with Crippen molar-refractivity contribution in [3.8, 4) is 0 Å². The van der Waals surface area contributed by atoms with Crippen LogP contribution in [0.15, 0.2) is 24.3 Å². The molecule has 0 radical (unpaired) electrons. The van der Waals surface area contributed by atoms with E-state index in [0.29, 0.717) is 12.3 Å². The Bertz CT molecular complexity index is 480. The van der Waals surface area contributed by atoms with Crippen LogP contribution in [-0.4, -0.2) is 17.3 Å². The van der Waals surface area contributed by atoms with E-state index < -0.39 is 12.2 Å². The van der Waals surface area contributed by atoms with Gasteiger partial charge in [0, 0.05) is 3.57 Å². The molecule has 4 nitrogen and oxygen atoms in total. The van der Waals surface area contributed by atoms with E-state index in [1.54, 1.807) is 0 Å². The van der Waals surface area contributed by atoms with E-state index in [0.717, 1.165) is 41.2 Å². The van der Waals surface area contributed by atoms with Crippen LogP contribution in [-0.2, 0) is 4.74 Å². The minimum absolute atomic E-state index is 0.0849. The first-order valence-corrected chi connectivity index (χ1v) is 8.54. The van der Waals surface area contributed by atoms with Crippen molar-refractivity contribution in [1.29, 1.82) is 0 Å². The molecular formula is C16H22INO3. The molecule has 0 spiro atoms. The van der Waals surface area contributed by atoms with Gasteiger partial charge < -0.3 is 15.6 Å². The average molecular weight is 403 g/mol. The molecule has 0 unspecified atom stereocenters. The first kappa shape index (κ1) is 16.5.